The van der Waals surface area contributed by atoms with Gasteiger partial charge in [-0.25, -0.2) is 0 Å². The van der Waals surface area contributed by atoms with Gasteiger partial charge < -0.3 is 19.9 Å². The van der Waals surface area contributed by atoms with Crippen molar-refractivity contribution in [2.45, 2.75) is 51.9 Å². The lowest BCUT2D eigenvalue weighted by atomic mass is 10.1. The first kappa shape index (κ1) is 15.1. The van der Waals surface area contributed by atoms with Crippen molar-refractivity contribution in [3.8, 4) is 11.5 Å². The van der Waals surface area contributed by atoms with E-state index >= 15 is 0 Å². The maximum Gasteiger partial charge on any atom is 0.123 e. The lowest BCUT2D eigenvalue weighted by molar-refractivity contribution is 0.181. The molecule has 1 aromatic rings. The second-order valence-corrected chi connectivity index (χ2v) is 5.57. The molecule has 0 fully saturated rings. The second kappa shape index (κ2) is 6.95. The Bertz CT molecular complexity index is 446. The maximum absolute atomic E-state index is 9.22. The zero-order valence-corrected chi connectivity index (χ0v) is 12.6. The van der Waals surface area contributed by atoms with E-state index in [1.165, 1.54) is 5.56 Å². The minimum absolute atomic E-state index is 0.221. The summed E-state index contributed by atoms with van der Waals surface area (Å²) in [4.78, 5) is 0. The van der Waals surface area contributed by atoms with Gasteiger partial charge in [0.1, 0.15) is 17.6 Å². The molecule has 0 spiro atoms. The van der Waals surface area contributed by atoms with Crippen molar-refractivity contribution in [3.63, 3.8) is 0 Å². The Labute approximate surface area is 121 Å². The molecular formula is C16H25NO3. The largest absolute Gasteiger partial charge is 0.496 e. The van der Waals surface area contributed by atoms with E-state index in [0.29, 0.717) is 0 Å². The molecule has 1 aromatic carbocycles. The minimum Gasteiger partial charge on any atom is -0.496 e. The van der Waals surface area contributed by atoms with Gasteiger partial charge >= 0.3 is 0 Å². The van der Waals surface area contributed by atoms with Crippen LogP contribution in [0.3, 0.4) is 0 Å². The van der Waals surface area contributed by atoms with Crippen LogP contribution in [-0.4, -0.2) is 31.0 Å². The molecule has 1 aliphatic heterocycles. The van der Waals surface area contributed by atoms with Crippen LogP contribution in [0.25, 0.3) is 0 Å². The minimum atomic E-state index is -0.221. The van der Waals surface area contributed by atoms with Gasteiger partial charge in [0.05, 0.1) is 13.2 Å². The Morgan fingerprint density at radius 1 is 1.50 bits per heavy atom. The van der Waals surface area contributed by atoms with Gasteiger partial charge in [0.2, 0.25) is 0 Å². The maximum atomic E-state index is 9.22. The summed E-state index contributed by atoms with van der Waals surface area (Å²) in [6.45, 7) is 5.55. The van der Waals surface area contributed by atoms with Crippen LogP contribution in [0.2, 0.25) is 0 Å². The topological polar surface area (TPSA) is 50.7 Å². The van der Waals surface area contributed by atoms with Crippen LogP contribution >= 0.6 is 0 Å². The predicted octanol–water partition coefficient (Wildman–Crippen LogP) is 2.27. The smallest absolute Gasteiger partial charge is 0.123 e. The third-order valence-electron chi connectivity index (χ3n) is 3.59. The van der Waals surface area contributed by atoms with E-state index in [1.807, 2.05) is 6.92 Å². The first-order valence-corrected chi connectivity index (χ1v) is 7.35. The van der Waals surface area contributed by atoms with E-state index < -0.39 is 0 Å². The summed E-state index contributed by atoms with van der Waals surface area (Å²) in [6, 6.07) is 4.17. The Morgan fingerprint density at radius 3 is 3.00 bits per heavy atom. The van der Waals surface area contributed by atoms with Crippen LogP contribution in [0.4, 0.5) is 0 Å². The average Bonchev–Trinajstić information content (AvgIpc) is 2.76. The molecule has 2 unspecified atom stereocenters. The van der Waals surface area contributed by atoms with Crippen LogP contribution in [0, 0.1) is 0 Å². The molecule has 0 saturated heterocycles. The van der Waals surface area contributed by atoms with Crippen molar-refractivity contribution in [3.05, 3.63) is 23.3 Å². The fourth-order valence-electron chi connectivity index (χ4n) is 2.56. The molecule has 1 heterocycles. The third kappa shape index (κ3) is 3.87. The van der Waals surface area contributed by atoms with Gasteiger partial charge in [-0.3, -0.25) is 0 Å². The summed E-state index contributed by atoms with van der Waals surface area (Å²) in [5.74, 6) is 1.91. The molecule has 4 nitrogen and oxygen atoms in total. The van der Waals surface area contributed by atoms with Crippen LogP contribution < -0.4 is 14.8 Å². The Kier molecular flexibility index (Phi) is 5.26. The molecule has 0 saturated carbocycles. The van der Waals surface area contributed by atoms with E-state index in [-0.39, 0.29) is 12.2 Å². The van der Waals surface area contributed by atoms with Gasteiger partial charge in [-0.15, -0.1) is 0 Å². The average molecular weight is 279 g/mol. The summed E-state index contributed by atoms with van der Waals surface area (Å²) in [7, 11) is 1.71. The number of aliphatic hydroxyl groups excluding tert-OH is 1. The van der Waals surface area contributed by atoms with Gasteiger partial charge in [-0.05, 0) is 45.4 Å². The van der Waals surface area contributed by atoms with Gasteiger partial charge in [0.15, 0.2) is 0 Å². The fourth-order valence-corrected chi connectivity index (χ4v) is 2.56. The van der Waals surface area contributed by atoms with E-state index in [4.69, 9.17) is 9.47 Å². The molecule has 2 rings (SSSR count). The number of aliphatic hydroxyl groups is 1. The molecular weight excluding hydrogens is 254 g/mol. The molecule has 2 atom stereocenters. The van der Waals surface area contributed by atoms with Gasteiger partial charge in [-0.1, -0.05) is 0 Å². The van der Waals surface area contributed by atoms with Crippen molar-refractivity contribution in [2.24, 2.45) is 0 Å². The summed E-state index contributed by atoms with van der Waals surface area (Å²) >= 11 is 0. The quantitative estimate of drug-likeness (QED) is 0.752. The van der Waals surface area contributed by atoms with E-state index in [0.717, 1.165) is 49.4 Å². The number of methoxy groups -OCH3 is 1. The summed E-state index contributed by atoms with van der Waals surface area (Å²) in [6.07, 6.45) is 2.78. The Hall–Kier alpha value is -1.26. The van der Waals surface area contributed by atoms with E-state index in [2.05, 4.69) is 24.4 Å². The molecule has 0 aromatic heterocycles. The first-order valence-electron chi connectivity index (χ1n) is 7.35. The van der Waals surface area contributed by atoms with Gasteiger partial charge in [0, 0.05) is 24.1 Å². The monoisotopic (exact) mass is 279 g/mol. The highest BCUT2D eigenvalue weighted by molar-refractivity contribution is 5.48. The summed E-state index contributed by atoms with van der Waals surface area (Å²) in [5.41, 5.74) is 2.35. The summed E-state index contributed by atoms with van der Waals surface area (Å²) < 4.78 is 11.3. The molecule has 1 aliphatic rings. The Morgan fingerprint density at radius 2 is 2.30 bits per heavy atom. The van der Waals surface area contributed by atoms with Crippen molar-refractivity contribution < 1.29 is 14.6 Å². The molecule has 0 aliphatic carbocycles. The standard InChI is InChI=1S/C16H25NO3/c1-11(18)5-4-6-17-10-14-9-16-13(7-12(2)20-16)8-15(14)19-3/h8-9,11-12,17-18H,4-7,10H2,1-3H3. The van der Waals surface area contributed by atoms with Crippen molar-refractivity contribution in [2.75, 3.05) is 13.7 Å². The Balaban J connectivity index is 1.92. The number of rotatable bonds is 7. The van der Waals surface area contributed by atoms with E-state index in [9.17, 15) is 5.11 Å². The number of benzene rings is 1. The fraction of sp³-hybridized carbons (Fsp3) is 0.625. The molecule has 112 valence electrons. The number of nitrogens with one attached hydrogen (secondary N) is 1. The lowest BCUT2D eigenvalue weighted by Crippen LogP contribution is -2.16. The highest BCUT2D eigenvalue weighted by Crippen LogP contribution is 2.34. The zero-order chi connectivity index (χ0) is 14.5. The molecule has 0 radical (unpaired) electrons. The third-order valence-corrected chi connectivity index (χ3v) is 3.59. The highest BCUT2D eigenvalue weighted by atomic mass is 16.5. The molecule has 20 heavy (non-hydrogen) atoms. The number of fused-ring (bicyclic) bond motifs is 1. The second-order valence-electron chi connectivity index (χ2n) is 5.57. The van der Waals surface area contributed by atoms with E-state index in [1.54, 1.807) is 7.11 Å². The molecule has 0 amide bonds. The van der Waals surface area contributed by atoms with Crippen LogP contribution in [-0.2, 0) is 13.0 Å². The number of hydrogen-bond acceptors (Lipinski definition) is 4. The first-order chi connectivity index (χ1) is 9.60. The van der Waals surface area contributed by atoms with Crippen LogP contribution in [0.5, 0.6) is 11.5 Å². The predicted molar refractivity (Wildman–Crippen MR) is 79.4 cm³/mol. The van der Waals surface area contributed by atoms with Gasteiger partial charge in [0.25, 0.3) is 0 Å². The van der Waals surface area contributed by atoms with Gasteiger partial charge in [-0.2, -0.15) is 0 Å². The van der Waals surface area contributed by atoms with Crippen LogP contribution in [0.1, 0.15) is 37.8 Å². The summed E-state index contributed by atoms with van der Waals surface area (Å²) in [5, 5.41) is 12.6. The lowest BCUT2D eigenvalue weighted by Gasteiger charge is -2.12. The SMILES string of the molecule is COc1cc2c(cc1CNCCCC(C)O)OC(C)C2. The number of hydrogen-bond donors (Lipinski definition) is 2. The molecule has 4 heteroatoms. The number of ether oxygens (including phenoxy) is 2. The highest BCUT2D eigenvalue weighted by Gasteiger charge is 2.21. The molecule has 0 bridgehead atoms. The van der Waals surface area contributed by atoms with Crippen molar-refractivity contribution >= 4 is 0 Å². The van der Waals surface area contributed by atoms with Crippen molar-refractivity contribution in [1.29, 1.82) is 0 Å². The van der Waals surface area contributed by atoms with Crippen molar-refractivity contribution in [1.82, 2.24) is 5.32 Å². The zero-order valence-electron chi connectivity index (χ0n) is 12.6. The normalized spacial score (nSPS) is 18.5. The molecule has 2 N–H and O–H groups in total. The van der Waals surface area contributed by atoms with Crippen LogP contribution in [0.15, 0.2) is 12.1 Å².